The van der Waals surface area contributed by atoms with E-state index >= 15 is 0 Å². The van der Waals surface area contributed by atoms with Crippen molar-refractivity contribution in [2.45, 2.75) is 20.3 Å². The van der Waals surface area contributed by atoms with Crippen molar-refractivity contribution in [3.63, 3.8) is 0 Å². The highest BCUT2D eigenvalue weighted by Crippen LogP contribution is 2.21. The highest BCUT2D eigenvalue weighted by atomic mass is 35.5. The summed E-state index contributed by atoms with van der Waals surface area (Å²) in [7, 11) is 0. The molecule has 3 amide bonds. The summed E-state index contributed by atoms with van der Waals surface area (Å²) in [6.45, 7) is 2.97. The van der Waals surface area contributed by atoms with Crippen molar-refractivity contribution in [2.24, 2.45) is 0 Å². The van der Waals surface area contributed by atoms with Gasteiger partial charge in [-0.3, -0.25) is 14.4 Å². The highest BCUT2D eigenvalue weighted by Gasteiger charge is 2.14. The fourth-order valence-electron chi connectivity index (χ4n) is 2.41. The molecule has 0 aromatic heterocycles. The first-order valence-electron chi connectivity index (χ1n) is 8.17. The summed E-state index contributed by atoms with van der Waals surface area (Å²) in [4.78, 5) is 36.5. The van der Waals surface area contributed by atoms with Crippen LogP contribution in [0.2, 0.25) is 5.02 Å². The zero-order valence-corrected chi connectivity index (χ0v) is 15.6. The Kier molecular flexibility index (Phi) is 6.90. The maximum Gasteiger partial charge on any atom is 0.226 e. The minimum Gasteiger partial charge on any atom is -0.326 e. The second-order valence-electron chi connectivity index (χ2n) is 5.83. The molecule has 0 fully saturated rings. The van der Waals surface area contributed by atoms with Gasteiger partial charge >= 0.3 is 0 Å². The van der Waals surface area contributed by atoms with Crippen molar-refractivity contribution in [2.75, 3.05) is 22.1 Å². The Hall–Kier alpha value is -2.93. The highest BCUT2D eigenvalue weighted by molar-refractivity contribution is 6.31. The summed E-state index contributed by atoms with van der Waals surface area (Å²) in [6, 6.07) is 10.6. The first-order valence-corrected chi connectivity index (χ1v) is 8.54. The molecule has 2 aromatic rings. The summed E-state index contributed by atoms with van der Waals surface area (Å²) in [6.07, 6.45) is 0.0437. The number of hydrogen-bond acceptors (Lipinski definition) is 3. The summed E-state index contributed by atoms with van der Waals surface area (Å²) in [5.74, 6) is -1.32. The van der Waals surface area contributed by atoms with Gasteiger partial charge in [-0.1, -0.05) is 11.6 Å². The normalized spacial score (nSPS) is 10.2. The smallest absolute Gasteiger partial charge is 0.226 e. The van der Waals surface area contributed by atoms with Crippen LogP contribution in [0.1, 0.15) is 20.3 Å². The van der Waals surface area contributed by atoms with Crippen molar-refractivity contribution in [3.8, 4) is 0 Å². The van der Waals surface area contributed by atoms with Crippen LogP contribution < -0.4 is 15.5 Å². The number of nitrogens with one attached hydrogen (secondary N) is 2. The molecule has 0 atom stereocenters. The predicted molar refractivity (Wildman–Crippen MR) is 103 cm³/mol. The van der Waals surface area contributed by atoms with E-state index in [1.165, 1.54) is 30.9 Å². The van der Waals surface area contributed by atoms with Crippen LogP contribution in [0.15, 0.2) is 42.5 Å². The molecule has 0 radical (unpaired) electrons. The van der Waals surface area contributed by atoms with Crippen LogP contribution >= 0.6 is 11.6 Å². The summed E-state index contributed by atoms with van der Waals surface area (Å²) in [5.41, 5.74) is 1.59. The number of carbonyl (C=O) groups excluding carboxylic acids is 3. The largest absolute Gasteiger partial charge is 0.326 e. The molecule has 27 heavy (non-hydrogen) atoms. The first-order chi connectivity index (χ1) is 12.8. The maximum atomic E-state index is 13.2. The van der Waals surface area contributed by atoms with Crippen LogP contribution in [0.5, 0.6) is 0 Å². The Balaban J connectivity index is 1.99. The van der Waals surface area contributed by atoms with Crippen molar-refractivity contribution in [1.82, 2.24) is 0 Å². The number of carbonyl (C=O) groups is 3. The summed E-state index contributed by atoms with van der Waals surface area (Å²) < 4.78 is 13.2. The van der Waals surface area contributed by atoms with E-state index in [-0.39, 0.29) is 35.7 Å². The number of amides is 3. The molecule has 0 aliphatic rings. The maximum absolute atomic E-state index is 13.2. The van der Waals surface area contributed by atoms with Gasteiger partial charge in [0.25, 0.3) is 0 Å². The number of benzene rings is 2. The fourth-order valence-corrected chi connectivity index (χ4v) is 2.59. The molecule has 0 aliphatic carbocycles. The molecule has 2 rings (SSSR count). The van der Waals surface area contributed by atoms with E-state index in [0.717, 1.165) is 6.07 Å². The quantitative estimate of drug-likeness (QED) is 0.785. The van der Waals surface area contributed by atoms with Crippen molar-refractivity contribution in [3.05, 3.63) is 53.3 Å². The van der Waals surface area contributed by atoms with Gasteiger partial charge in [0.15, 0.2) is 0 Å². The van der Waals surface area contributed by atoms with Crippen LogP contribution in [0.4, 0.5) is 21.5 Å². The first kappa shape index (κ1) is 20.4. The Morgan fingerprint density at radius 3 is 2.19 bits per heavy atom. The van der Waals surface area contributed by atoms with E-state index in [1.807, 2.05) is 0 Å². The molecule has 0 bridgehead atoms. The van der Waals surface area contributed by atoms with E-state index < -0.39 is 5.82 Å². The van der Waals surface area contributed by atoms with Crippen LogP contribution in [0.25, 0.3) is 0 Å². The average Bonchev–Trinajstić information content (AvgIpc) is 2.59. The molecule has 0 unspecified atom stereocenters. The van der Waals surface area contributed by atoms with Gasteiger partial charge in [0.05, 0.1) is 5.02 Å². The Bertz CT molecular complexity index is 856. The number of rotatable bonds is 6. The van der Waals surface area contributed by atoms with Gasteiger partial charge in [-0.15, -0.1) is 0 Å². The third-order valence-electron chi connectivity index (χ3n) is 3.65. The molecule has 142 valence electrons. The van der Waals surface area contributed by atoms with E-state index in [2.05, 4.69) is 10.6 Å². The molecule has 0 spiro atoms. The topological polar surface area (TPSA) is 78.5 Å². The Labute approximate surface area is 161 Å². The van der Waals surface area contributed by atoms with Gasteiger partial charge in [-0.05, 0) is 42.5 Å². The molecule has 2 N–H and O–H groups in total. The van der Waals surface area contributed by atoms with Gasteiger partial charge in [0.1, 0.15) is 5.82 Å². The van der Waals surface area contributed by atoms with Crippen molar-refractivity contribution >= 4 is 46.4 Å². The monoisotopic (exact) mass is 391 g/mol. The van der Waals surface area contributed by atoms with Gasteiger partial charge in [-0.25, -0.2) is 4.39 Å². The van der Waals surface area contributed by atoms with Crippen molar-refractivity contribution in [1.29, 1.82) is 0 Å². The van der Waals surface area contributed by atoms with Crippen molar-refractivity contribution < 1.29 is 18.8 Å². The summed E-state index contributed by atoms with van der Waals surface area (Å²) >= 11 is 5.69. The minimum atomic E-state index is -0.569. The van der Waals surface area contributed by atoms with Crippen LogP contribution in [0, 0.1) is 5.82 Å². The lowest BCUT2D eigenvalue weighted by Gasteiger charge is -2.21. The Morgan fingerprint density at radius 1 is 1.00 bits per heavy atom. The van der Waals surface area contributed by atoms with E-state index in [9.17, 15) is 18.8 Å². The molecule has 0 saturated heterocycles. The molecule has 0 heterocycles. The van der Waals surface area contributed by atoms with E-state index in [4.69, 9.17) is 11.6 Å². The SMILES string of the molecule is CC(=O)Nc1ccc(N(CCC(=O)Nc2ccc(F)c(Cl)c2)C(C)=O)cc1. The third kappa shape index (κ3) is 6.07. The average molecular weight is 392 g/mol. The molecule has 0 aliphatic heterocycles. The van der Waals surface area contributed by atoms with Crippen LogP contribution in [-0.4, -0.2) is 24.3 Å². The predicted octanol–water partition coefficient (Wildman–Crippen LogP) is 3.82. The van der Waals surface area contributed by atoms with Gasteiger partial charge in [-0.2, -0.15) is 0 Å². The molecular formula is C19H19ClFN3O3. The number of nitrogens with zero attached hydrogens (tertiary/aromatic N) is 1. The lowest BCUT2D eigenvalue weighted by atomic mass is 10.2. The lowest BCUT2D eigenvalue weighted by molar-refractivity contribution is -0.117. The van der Waals surface area contributed by atoms with Crippen LogP contribution in [-0.2, 0) is 14.4 Å². The van der Waals surface area contributed by atoms with E-state index in [1.54, 1.807) is 24.3 Å². The fraction of sp³-hybridized carbons (Fsp3) is 0.211. The molecule has 2 aromatic carbocycles. The molecular weight excluding hydrogens is 373 g/mol. The van der Waals surface area contributed by atoms with Gasteiger partial charge < -0.3 is 15.5 Å². The second kappa shape index (κ2) is 9.14. The van der Waals surface area contributed by atoms with E-state index in [0.29, 0.717) is 17.1 Å². The third-order valence-corrected chi connectivity index (χ3v) is 3.93. The molecule has 8 heteroatoms. The zero-order chi connectivity index (χ0) is 20.0. The van der Waals surface area contributed by atoms with Crippen LogP contribution in [0.3, 0.4) is 0 Å². The number of anilines is 3. The molecule has 0 saturated carbocycles. The van der Waals surface area contributed by atoms with Gasteiger partial charge in [0, 0.05) is 43.9 Å². The number of hydrogen-bond donors (Lipinski definition) is 2. The zero-order valence-electron chi connectivity index (χ0n) is 14.9. The standard InChI is InChI=1S/C19H19ClFN3O3/c1-12(25)22-14-3-6-16(7-4-14)24(13(2)26)10-9-19(27)23-15-5-8-18(21)17(20)11-15/h3-8,11H,9-10H2,1-2H3,(H,22,25)(H,23,27). The number of halogens is 2. The Morgan fingerprint density at radius 2 is 1.63 bits per heavy atom. The minimum absolute atomic E-state index is 0.0437. The molecule has 6 nitrogen and oxygen atoms in total. The van der Waals surface area contributed by atoms with Gasteiger partial charge in [0.2, 0.25) is 17.7 Å². The second-order valence-corrected chi connectivity index (χ2v) is 6.23. The lowest BCUT2D eigenvalue weighted by Crippen LogP contribution is -2.31. The summed E-state index contributed by atoms with van der Waals surface area (Å²) in [5, 5.41) is 5.17.